The monoisotopic (exact) mass is 465 g/mol. The van der Waals surface area contributed by atoms with Crippen LogP contribution in [0.25, 0.3) is 5.69 Å². The van der Waals surface area contributed by atoms with E-state index >= 15 is 0 Å². The van der Waals surface area contributed by atoms with Gasteiger partial charge < -0.3 is 10.6 Å². The summed E-state index contributed by atoms with van der Waals surface area (Å²) >= 11 is 0. The van der Waals surface area contributed by atoms with Crippen molar-refractivity contribution in [2.75, 3.05) is 7.05 Å². The van der Waals surface area contributed by atoms with E-state index in [-0.39, 0.29) is 29.8 Å². The molecule has 0 radical (unpaired) electrons. The van der Waals surface area contributed by atoms with Gasteiger partial charge in [0, 0.05) is 25.4 Å². The van der Waals surface area contributed by atoms with Crippen LogP contribution in [0.2, 0.25) is 0 Å². The summed E-state index contributed by atoms with van der Waals surface area (Å²) in [7, 11) is 1.68. The third-order valence-electron chi connectivity index (χ3n) is 3.73. The zero-order valence-corrected chi connectivity index (χ0v) is 16.7. The minimum atomic E-state index is -0.230. The number of benzene rings is 2. The van der Waals surface area contributed by atoms with E-state index in [4.69, 9.17) is 0 Å². The fourth-order valence-electron chi connectivity index (χ4n) is 2.40. The van der Waals surface area contributed by atoms with Crippen molar-refractivity contribution in [2.24, 2.45) is 4.99 Å². The molecule has 1 heterocycles. The first-order valence-electron chi connectivity index (χ1n) is 8.04. The van der Waals surface area contributed by atoms with Crippen LogP contribution >= 0.6 is 24.0 Å². The second-order valence-electron chi connectivity index (χ2n) is 5.46. The number of aromatic nitrogens is 2. The van der Waals surface area contributed by atoms with Crippen molar-refractivity contribution in [1.82, 2.24) is 20.4 Å². The summed E-state index contributed by atoms with van der Waals surface area (Å²) in [5, 5.41) is 10.8. The molecule has 0 bridgehead atoms. The molecule has 0 amide bonds. The highest BCUT2D eigenvalue weighted by Crippen LogP contribution is 2.07. The van der Waals surface area contributed by atoms with Crippen LogP contribution in [-0.4, -0.2) is 22.8 Å². The minimum absolute atomic E-state index is 0. The molecule has 0 aliphatic rings. The van der Waals surface area contributed by atoms with Gasteiger partial charge in [0.1, 0.15) is 5.82 Å². The predicted octanol–water partition coefficient (Wildman–Crippen LogP) is 3.49. The van der Waals surface area contributed by atoms with E-state index in [0.29, 0.717) is 24.6 Å². The number of aliphatic imine (C=N–C) groups is 1. The summed E-state index contributed by atoms with van der Waals surface area (Å²) < 4.78 is 15.5. The molecule has 7 heteroatoms. The van der Waals surface area contributed by atoms with Gasteiger partial charge in [-0.2, -0.15) is 5.10 Å². The summed E-state index contributed by atoms with van der Waals surface area (Å²) in [5.74, 6) is 0.365. The van der Waals surface area contributed by atoms with Gasteiger partial charge in [0.2, 0.25) is 0 Å². The predicted molar refractivity (Wildman–Crippen MR) is 112 cm³/mol. The van der Waals surface area contributed by atoms with E-state index in [1.165, 1.54) is 6.07 Å². The lowest BCUT2D eigenvalue weighted by molar-refractivity contribution is 0.604. The van der Waals surface area contributed by atoms with Crippen molar-refractivity contribution in [3.05, 3.63) is 83.9 Å². The van der Waals surface area contributed by atoms with Gasteiger partial charge in [0.05, 0.1) is 17.9 Å². The Bertz CT molecular complexity index is 848. The maximum Gasteiger partial charge on any atom is 0.191 e. The first-order chi connectivity index (χ1) is 12.3. The normalized spacial score (nSPS) is 10.9. The molecule has 0 atom stereocenters. The SMILES string of the molecule is CN=C(NCc1ccn(-c2ccccc2)n1)NCc1ccccc1F.I. The summed E-state index contributed by atoms with van der Waals surface area (Å²) in [6.07, 6.45) is 1.92. The molecule has 0 saturated carbocycles. The number of rotatable bonds is 5. The highest BCUT2D eigenvalue weighted by molar-refractivity contribution is 14.0. The van der Waals surface area contributed by atoms with Gasteiger partial charge in [0.15, 0.2) is 5.96 Å². The van der Waals surface area contributed by atoms with Gasteiger partial charge in [-0.3, -0.25) is 4.99 Å². The van der Waals surface area contributed by atoms with E-state index in [1.807, 2.05) is 53.3 Å². The lowest BCUT2D eigenvalue weighted by atomic mass is 10.2. The molecule has 1 aromatic heterocycles. The van der Waals surface area contributed by atoms with E-state index < -0.39 is 0 Å². The van der Waals surface area contributed by atoms with Gasteiger partial charge in [0.25, 0.3) is 0 Å². The lowest BCUT2D eigenvalue weighted by Crippen LogP contribution is -2.36. The third kappa shape index (κ3) is 5.29. The molecule has 0 aliphatic heterocycles. The molecule has 3 rings (SSSR count). The molecule has 0 spiro atoms. The maximum atomic E-state index is 13.6. The highest BCUT2D eigenvalue weighted by Gasteiger charge is 2.05. The Balaban J connectivity index is 0.00000243. The molecule has 2 N–H and O–H groups in total. The average molecular weight is 465 g/mol. The van der Waals surface area contributed by atoms with Crippen LogP contribution in [0.4, 0.5) is 4.39 Å². The van der Waals surface area contributed by atoms with Crippen molar-refractivity contribution >= 4 is 29.9 Å². The van der Waals surface area contributed by atoms with Crippen LogP contribution in [0, 0.1) is 5.82 Å². The second kappa shape index (κ2) is 9.91. The van der Waals surface area contributed by atoms with Crippen LogP contribution < -0.4 is 10.6 Å². The third-order valence-corrected chi connectivity index (χ3v) is 3.73. The Morgan fingerprint density at radius 1 is 1.00 bits per heavy atom. The van der Waals surface area contributed by atoms with Crippen molar-refractivity contribution in [2.45, 2.75) is 13.1 Å². The molecule has 26 heavy (non-hydrogen) atoms. The molecule has 3 aromatic rings. The van der Waals surface area contributed by atoms with Gasteiger partial charge >= 0.3 is 0 Å². The first-order valence-corrected chi connectivity index (χ1v) is 8.04. The quantitative estimate of drug-likeness (QED) is 0.345. The van der Waals surface area contributed by atoms with E-state index in [9.17, 15) is 4.39 Å². The number of para-hydroxylation sites is 1. The molecule has 0 fully saturated rings. The minimum Gasteiger partial charge on any atom is -0.352 e. The largest absolute Gasteiger partial charge is 0.352 e. The van der Waals surface area contributed by atoms with Crippen LogP contribution in [0.15, 0.2) is 71.9 Å². The maximum absolute atomic E-state index is 13.6. The molecule has 0 aliphatic carbocycles. The fourth-order valence-corrected chi connectivity index (χ4v) is 2.40. The second-order valence-corrected chi connectivity index (χ2v) is 5.46. The molecular weight excluding hydrogens is 444 g/mol. The summed E-state index contributed by atoms with van der Waals surface area (Å²) in [6, 6.07) is 18.6. The van der Waals surface area contributed by atoms with E-state index in [2.05, 4.69) is 20.7 Å². The molecule has 5 nitrogen and oxygen atoms in total. The summed E-state index contributed by atoms with van der Waals surface area (Å²) in [4.78, 5) is 4.15. The standard InChI is InChI=1S/C19H20FN5.HI/c1-21-19(22-13-15-7-5-6-10-18(15)20)23-14-16-11-12-25(24-16)17-8-3-2-4-9-17;/h2-12H,13-14H2,1H3,(H2,21,22,23);1H. The van der Waals surface area contributed by atoms with E-state index in [0.717, 1.165) is 11.4 Å². The zero-order chi connectivity index (χ0) is 17.5. The van der Waals surface area contributed by atoms with Crippen molar-refractivity contribution in [3.8, 4) is 5.69 Å². The van der Waals surface area contributed by atoms with Gasteiger partial charge in [-0.15, -0.1) is 24.0 Å². The lowest BCUT2D eigenvalue weighted by Gasteiger charge is -2.11. The Morgan fingerprint density at radius 2 is 1.69 bits per heavy atom. The summed E-state index contributed by atoms with van der Waals surface area (Å²) in [6.45, 7) is 0.890. The molecule has 2 aromatic carbocycles. The van der Waals surface area contributed by atoms with Crippen LogP contribution in [0.3, 0.4) is 0 Å². The van der Waals surface area contributed by atoms with Crippen LogP contribution in [0.5, 0.6) is 0 Å². The number of hydrogen-bond acceptors (Lipinski definition) is 2. The number of guanidine groups is 1. The molecular formula is C19H21FIN5. The first kappa shape index (κ1) is 19.9. The highest BCUT2D eigenvalue weighted by atomic mass is 127. The number of nitrogens with one attached hydrogen (secondary N) is 2. The van der Waals surface area contributed by atoms with Crippen molar-refractivity contribution in [3.63, 3.8) is 0 Å². The Labute approximate surface area is 169 Å². The number of nitrogens with zero attached hydrogens (tertiary/aromatic N) is 3. The van der Waals surface area contributed by atoms with Crippen LogP contribution in [0.1, 0.15) is 11.3 Å². The Kier molecular flexibility index (Phi) is 7.58. The molecule has 136 valence electrons. The number of halogens is 2. The van der Waals surface area contributed by atoms with Gasteiger partial charge in [-0.05, 0) is 24.3 Å². The van der Waals surface area contributed by atoms with Crippen molar-refractivity contribution < 1.29 is 4.39 Å². The topological polar surface area (TPSA) is 54.2 Å². The molecule has 0 saturated heterocycles. The van der Waals surface area contributed by atoms with Crippen LogP contribution in [-0.2, 0) is 13.1 Å². The Hall–Kier alpha value is -2.42. The average Bonchev–Trinajstić information content (AvgIpc) is 3.13. The smallest absolute Gasteiger partial charge is 0.191 e. The fraction of sp³-hybridized carbons (Fsp3) is 0.158. The molecule has 0 unspecified atom stereocenters. The Morgan fingerprint density at radius 3 is 2.42 bits per heavy atom. The zero-order valence-electron chi connectivity index (χ0n) is 14.4. The van der Waals surface area contributed by atoms with Gasteiger partial charge in [-0.1, -0.05) is 36.4 Å². The van der Waals surface area contributed by atoms with Crippen molar-refractivity contribution in [1.29, 1.82) is 0 Å². The van der Waals surface area contributed by atoms with Gasteiger partial charge in [-0.25, -0.2) is 9.07 Å². The number of hydrogen-bond donors (Lipinski definition) is 2. The van der Waals surface area contributed by atoms with E-state index in [1.54, 1.807) is 19.2 Å². The summed E-state index contributed by atoms with van der Waals surface area (Å²) in [5.41, 5.74) is 2.49.